The maximum atomic E-state index is 6.28. The molecule has 1 aromatic heterocycles. The van der Waals surface area contributed by atoms with Crippen LogP contribution in [0.5, 0.6) is 0 Å². The van der Waals surface area contributed by atoms with Crippen LogP contribution in [0.15, 0.2) is 18.5 Å². The summed E-state index contributed by atoms with van der Waals surface area (Å²) in [7, 11) is 0. The number of ether oxygens (including phenoxy) is 1. The van der Waals surface area contributed by atoms with Gasteiger partial charge in [-0.05, 0) is 25.5 Å². The van der Waals surface area contributed by atoms with Gasteiger partial charge in [0.25, 0.3) is 0 Å². The zero-order chi connectivity index (χ0) is 12.5. The first-order valence-corrected chi connectivity index (χ1v) is 6.56. The van der Waals surface area contributed by atoms with Crippen molar-refractivity contribution in [2.75, 3.05) is 25.4 Å². The van der Waals surface area contributed by atoms with Crippen molar-refractivity contribution in [3.8, 4) is 0 Å². The molecule has 5 heteroatoms. The van der Waals surface area contributed by atoms with E-state index in [0.717, 1.165) is 18.7 Å². The van der Waals surface area contributed by atoms with Crippen LogP contribution in [0.1, 0.15) is 24.4 Å². The number of nitrogens with zero attached hydrogens (tertiary/aromatic N) is 2. The summed E-state index contributed by atoms with van der Waals surface area (Å²) < 4.78 is 5.91. The van der Waals surface area contributed by atoms with Crippen molar-refractivity contribution < 1.29 is 4.74 Å². The van der Waals surface area contributed by atoms with Gasteiger partial charge in [0.1, 0.15) is 0 Å². The van der Waals surface area contributed by atoms with Crippen molar-refractivity contribution in [1.82, 2.24) is 9.88 Å². The van der Waals surface area contributed by atoms with Crippen molar-refractivity contribution in [3.63, 3.8) is 0 Å². The molecule has 3 heterocycles. The zero-order valence-corrected chi connectivity index (χ0v) is 10.5. The van der Waals surface area contributed by atoms with Gasteiger partial charge in [-0.1, -0.05) is 0 Å². The number of nitrogens with two attached hydrogens (primary N) is 2. The molecule has 3 unspecified atom stereocenters. The molecule has 3 atom stereocenters. The smallest absolute Gasteiger partial charge is 0.0896 e. The number of anilines is 1. The summed E-state index contributed by atoms with van der Waals surface area (Å²) in [6.07, 6.45) is 5.97. The second-order valence-corrected chi connectivity index (χ2v) is 5.19. The number of fused-ring (bicyclic) bond motifs is 1. The van der Waals surface area contributed by atoms with E-state index in [0.29, 0.717) is 11.7 Å². The van der Waals surface area contributed by atoms with Crippen LogP contribution < -0.4 is 11.5 Å². The third-order valence-corrected chi connectivity index (χ3v) is 4.06. The van der Waals surface area contributed by atoms with Gasteiger partial charge in [-0.15, -0.1) is 0 Å². The van der Waals surface area contributed by atoms with Gasteiger partial charge in [0.05, 0.1) is 18.8 Å². The van der Waals surface area contributed by atoms with Crippen molar-refractivity contribution in [2.45, 2.75) is 31.0 Å². The summed E-state index contributed by atoms with van der Waals surface area (Å²) in [5, 5.41) is 0. The number of hydrogen-bond acceptors (Lipinski definition) is 5. The zero-order valence-electron chi connectivity index (χ0n) is 10.5. The second kappa shape index (κ2) is 4.84. The Morgan fingerprint density at radius 2 is 2.39 bits per heavy atom. The molecular formula is C13H20N4O. The Morgan fingerprint density at radius 1 is 1.50 bits per heavy atom. The van der Waals surface area contributed by atoms with Crippen LogP contribution in [0.3, 0.4) is 0 Å². The van der Waals surface area contributed by atoms with Crippen LogP contribution in [0.4, 0.5) is 5.69 Å². The molecule has 0 bridgehead atoms. The minimum atomic E-state index is -0.194. The van der Waals surface area contributed by atoms with Gasteiger partial charge in [0.2, 0.25) is 0 Å². The molecular weight excluding hydrogens is 228 g/mol. The highest BCUT2D eigenvalue weighted by molar-refractivity contribution is 5.46. The first kappa shape index (κ1) is 11.9. The maximum absolute atomic E-state index is 6.28. The van der Waals surface area contributed by atoms with E-state index < -0.39 is 0 Å². The van der Waals surface area contributed by atoms with Gasteiger partial charge in [-0.3, -0.25) is 9.88 Å². The van der Waals surface area contributed by atoms with Crippen LogP contribution in [0.25, 0.3) is 0 Å². The molecule has 2 saturated heterocycles. The number of aromatic nitrogens is 1. The van der Waals surface area contributed by atoms with E-state index in [1.165, 1.54) is 19.4 Å². The van der Waals surface area contributed by atoms with Crippen LogP contribution in [0, 0.1) is 0 Å². The van der Waals surface area contributed by atoms with Gasteiger partial charge in [0, 0.05) is 36.2 Å². The van der Waals surface area contributed by atoms with E-state index >= 15 is 0 Å². The summed E-state index contributed by atoms with van der Waals surface area (Å²) in [5.74, 6) is 0. The number of pyridine rings is 1. The van der Waals surface area contributed by atoms with E-state index in [2.05, 4.69) is 9.88 Å². The fourth-order valence-electron chi connectivity index (χ4n) is 2.96. The summed E-state index contributed by atoms with van der Waals surface area (Å²) in [4.78, 5) is 6.59. The topological polar surface area (TPSA) is 77.4 Å². The van der Waals surface area contributed by atoms with Gasteiger partial charge in [-0.25, -0.2) is 0 Å². The standard InChI is InChI=1S/C13H20N4O/c14-11-3-4-16-6-10(11)13(15)12-7-17-5-1-2-9(17)8-18-12/h3-4,6,9,12-13H,1-2,5,7-8,15H2,(H2,14,16). The Morgan fingerprint density at radius 3 is 3.22 bits per heavy atom. The molecule has 0 radical (unpaired) electrons. The minimum absolute atomic E-state index is 0.0193. The van der Waals surface area contributed by atoms with Crippen molar-refractivity contribution in [2.24, 2.45) is 5.73 Å². The highest BCUT2D eigenvalue weighted by Gasteiger charge is 2.35. The number of morpholine rings is 1. The molecule has 1 aromatic rings. The lowest BCUT2D eigenvalue weighted by Gasteiger charge is -2.37. The van der Waals surface area contributed by atoms with Crippen LogP contribution >= 0.6 is 0 Å². The Balaban J connectivity index is 1.73. The van der Waals surface area contributed by atoms with Gasteiger partial charge < -0.3 is 16.2 Å². The van der Waals surface area contributed by atoms with E-state index in [-0.39, 0.29) is 12.1 Å². The van der Waals surface area contributed by atoms with Gasteiger partial charge >= 0.3 is 0 Å². The Kier molecular flexibility index (Phi) is 3.20. The molecule has 18 heavy (non-hydrogen) atoms. The van der Waals surface area contributed by atoms with Crippen molar-refractivity contribution >= 4 is 5.69 Å². The lowest BCUT2D eigenvalue weighted by Crippen LogP contribution is -2.49. The Bertz CT molecular complexity index is 425. The normalized spacial score (nSPS) is 30.1. The fourth-order valence-corrected chi connectivity index (χ4v) is 2.96. The predicted molar refractivity (Wildman–Crippen MR) is 69.9 cm³/mol. The van der Waals surface area contributed by atoms with Crippen LogP contribution in [-0.4, -0.2) is 41.7 Å². The molecule has 2 aliphatic heterocycles. The molecule has 0 spiro atoms. The summed E-state index contributed by atoms with van der Waals surface area (Å²) >= 11 is 0. The molecule has 98 valence electrons. The first-order chi connectivity index (χ1) is 8.75. The SMILES string of the molecule is Nc1ccncc1C(N)C1CN2CCCC2CO1. The molecule has 2 aliphatic rings. The number of nitrogen functional groups attached to an aromatic ring is 1. The van der Waals surface area contributed by atoms with Crippen molar-refractivity contribution in [3.05, 3.63) is 24.0 Å². The first-order valence-electron chi connectivity index (χ1n) is 6.56. The molecule has 2 fully saturated rings. The quantitative estimate of drug-likeness (QED) is 0.798. The van der Waals surface area contributed by atoms with Crippen molar-refractivity contribution in [1.29, 1.82) is 0 Å². The van der Waals surface area contributed by atoms with Crippen LogP contribution in [0.2, 0.25) is 0 Å². The lowest BCUT2D eigenvalue weighted by atomic mass is 10.0. The average Bonchev–Trinajstić information content (AvgIpc) is 2.85. The van der Waals surface area contributed by atoms with Crippen LogP contribution in [-0.2, 0) is 4.74 Å². The highest BCUT2D eigenvalue weighted by atomic mass is 16.5. The van der Waals surface area contributed by atoms with E-state index in [1.807, 2.05) is 0 Å². The van der Waals surface area contributed by atoms with E-state index in [1.54, 1.807) is 18.5 Å². The Hall–Kier alpha value is -1.17. The molecule has 5 nitrogen and oxygen atoms in total. The summed E-state index contributed by atoms with van der Waals surface area (Å²) in [6.45, 7) is 2.86. The number of rotatable bonds is 2. The molecule has 4 N–H and O–H groups in total. The Labute approximate surface area is 107 Å². The molecule has 3 rings (SSSR count). The lowest BCUT2D eigenvalue weighted by molar-refractivity contribution is -0.0596. The van der Waals surface area contributed by atoms with E-state index in [4.69, 9.17) is 16.2 Å². The second-order valence-electron chi connectivity index (χ2n) is 5.19. The molecule has 0 aromatic carbocycles. The van der Waals surface area contributed by atoms with E-state index in [9.17, 15) is 0 Å². The number of hydrogen-bond donors (Lipinski definition) is 2. The highest BCUT2D eigenvalue weighted by Crippen LogP contribution is 2.29. The minimum Gasteiger partial charge on any atom is -0.398 e. The maximum Gasteiger partial charge on any atom is 0.0896 e. The van der Waals surface area contributed by atoms with Gasteiger partial charge in [-0.2, -0.15) is 0 Å². The predicted octanol–water partition coefficient (Wildman–Crippen LogP) is 0.527. The largest absolute Gasteiger partial charge is 0.398 e. The monoisotopic (exact) mass is 248 g/mol. The molecule has 0 amide bonds. The fraction of sp³-hybridized carbons (Fsp3) is 0.615. The summed E-state index contributed by atoms with van der Waals surface area (Å²) in [5.41, 5.74) is 13.8. The molecule has 0 aliphatic carbocycles. The van der Waals surface area contributed by atoms with Gasteiger partial charge in [0.15, 0.2) is 0 Å². The molecule has 0 saturated carbocycles. The average molecular weight is 248 g/mol. The third-order valence-electron chi connectivity index (χ3n) is 4.06. The summed E-state index contributed by atoms with van der Waals surface area (Å²) in [6, 6.07) is 2.19. The third kappa shape index (κ3) is 2.09.